The van der Waals surface area contributed by atoms with Crippen LogP contribution < -0.4 is 15.4 Å². The van der Waals surface area contributed by atoms with E-state index in [9.17, 15) is 4.79 Å². The summed E-state index contributed by atoms with van der Waals surface area (Å²) in [7, 11) is 0. The van der Waals surface area contributed by atoms with Gasteiger partial charge in [-0.05, 0) is 37.5 Å². The normalized spacial score (nSPS) is 15.0. The lowest BCUT2D eigenvalue weighted by Crippen LogP contribution is -2.38. The highest BCUT2D eigenvalue weighted by Crippen LogP contribution is 2.45. The van der Waals surface area contributed by atoms with Crippen molar-refractivity contribution >= 4 is 11.7 Å². The van der Waals surface area contributed by atoms with Crippen LogP contribution in [0.5, 0.6) is 5.75 Å². The number of anilines is 1. The van der Waals surface area contributed by atoms with E-state index in [-0.39, 0.29) is 11.6 Å². The number of para-hydroxylation sites is 2. The summed E-state index contributed by atoms with van der Waals surface area (Å²) in [6.07, 6.45) is 1.94. The van der Waals surface area contributed by atoms with Gasteiger partial charge in [-0.15, -0.1) is 0 Å². The highest BCUT2D eigenvalue weighted by molar-refractivity contribution is 5.91. The van der Waals surface area contributed by atoms with Gasteiger partial charge in [-0.25, -0.2) is 4.79 Å². The molecule has 22 heavy (non-hydrogen) atoms. The summed E-state index contributed by atoms with van der Waals surface area (Å²) in [5.41, 5.74) is 1.63. The summed E-state index contributed by atoms with van der Waals surface area (Å²) in [5, 5.41) is 5.98. The number of hydrogen-bond donors (Lipinski definition) is 2. The molecule has 0 atom stereocenters. The molecule has 1 fully saturated rings. The number of carbonyl (C=O) groups is 1. The van der Waals surface area contributed by atoms with Crippen molar-refractivity contribution in [3.05, 3.63) is 60.2 Å². The number of nitrogens with one attached hydrogen (secondary N) is 2. The minimum absolute atomic E-state index is 0.200. The first kappa shape index (κ1) is 14.4. The number of hydrogen-bond acceptors (Lipinski definition) is 2. The largest absolute Gasteiger partial charge is 0.492 e. The fourth-order valence-electron chi connectivity index (χ4n) is 2.59. The minimum atomic E-state index is -0.216. The van der Waals surface area contributed by atoms with Crippen LogP contribution in [0.3, 0.4) is 0 Å². The number of rotatable bonds is 5. The Morgan fingerprint density at radius 3 is 2.45 bits per heavy atom. The Morgan fingerprint density at radius 2 is 1.77 bits per heavy atom. The molecule has 4 nitrogen and oxygen atoms in total. The van der Waals surface area contributed by atoms with Crippen LogP contribution in [-0.4, -0.2) is 12.6 Å². The Kier molecular flexibility index (Phi) is 4.00. The van der Waals surface area contributed by atoms with E-state index in [0.29, 0.717) is 18.0 Å². The van der Waals surface area contributed by atoms with Crippen molar-refractivity contribution < 1.29 is 9.53 Å². The van der Waals surface area contributed by atoms with Crippen molar-refractivity contribution in [2.24, 2.45) is 0 Å². The van der Waals surface area contributed by atoms with Crippen LogP contribution in [0.15, 0.2) is 54.6 Å². The molecule has 0 bridgehead atoms. The summed E-state index contributed by atoms with van der Waals surface area (Å²) < 4.78 is 5.53. The molecule has 0 radical (unpaired) electrons. The number of carbonyl (C=O) groups excluding carboxylic acids is 1. The first-order chi connectivity index (χ1) is 10.7. The first-order valence-electron chi connectivity index (χ1n) is 7.60. The van der Waals surface area contributed by atoms with Gasteiger partial charge >= 0.3 is 6.03 Å². The number of benzene rings is 2. The molecule has 0 spiro atoms. The maximum atomic E-state index is 12.3. The maximum Gasteiger partial charge on any atom is 0.320 e. The molecule has 4 heteroatoms. The number of ether oxygens (including phenoxy) is 1. The van der Waals surface area contributed by atoms with Gasteiger partial charge in [0.25, 0.3) is 0 Å². The van der Waals surface area contributed by atoms with Crippen LogP contribution in [0.1, 0.15) is 25.3 Å². The second-order valence-electron chi connectivity index (χ2n) is 5.46. The summed E-state index contributed by atoms with van der Waals surface area (Å²) in [6, 6.07) is 17.4. The van der Waals surface area contributed by atoms with Crippen LogP contribution in [0.25, 0.3) is 0 Å². The average molecular weight is 296 g/mol. The lowest BCUT2D eigenvalue weighted by molar-refractivity contribution is 0.247. The molecule has 0 aliphatic heterocycles. The maximum absolute atomic E-state index is 12.3. The van der Waals surface area contributed by atoms with Crippen molar-refractivity contribution in [3.63, 3.8) is 0 Å². The predicted octanol–water partition coefficient (Wildman–Crippen LogP) is 3.90. The van der Waals surface area contributed by atoms with Crippen molar-refractivity contribution in [1.29, 1.82) is 0 Å². The SMILES string of the molecule is CCOc1ccccc1NC(=O)NC1(c2ccccc2)CC1. The third-order valence-electron chi connectivity index (χ3n) is 3.86. The second-order valence-corrected chi connectivity index (χ2v) is 5.46. The van der Waals surface area contributed by atoms with E-state index >= 15 is 0 Å². The zero-order valence-corrected chi connectivity index (χ0v) is 12.6. The Labute approximate surface area is 130 Å². The van der Waals surface area contributed by atoms with Crippen molar-refractivity contribution in [2.45, 2.75) is 25.3 Å². The first-order valence-corrected chi connectivity index (χ1v) is 7.60. The van der Waals surface area contributed by atoms with Gasteiger partial charge in [0.15, 0.2) is 0 Å². The molecule has 1 aliphatic carbocycles. The molecule has 0 unspecified atom stereocenters. The topological polar surface area (TPSA) is 50.4 Å². The fraction of sp³-hybridized carbons (Fsp3) is 0.278. The highest BCUT2D eigenvalue weighted by Gasteiger charge is 2.45. The Hall–Kier alpha value is -2.49. The molecule has 1 aliphatic rings. The van der Waals surface area contributed by atoms with Gasteiger partial charge in [0.05, 0.1) is 17.8 Å². The minimum Gasteiger partial charge on any atom is -0.492 e. The van der Waals surface area contributed by atoms with Crippen LogP contribution in [0, 0.1) is 0 Å². The Balaban J connectivity index is 1.69. The lowest BCUT2D eigenvalue weighted by Gasteiger charge is -2.19. The molecular formula is C18H20N2O2. The van der Waals surface area contributed by atoms with Gasteiger partial charge < -0.3 is 15.4 Å². The number of urea groups is 1. The molecule has 1 saturated carbocycles. The predicted molar refractivity (Wildman–Crippen MR) is 87.1 cm³/mol. The lowest BCUT2D eigenvalue weighted by atomic mass is 10.1. The van der Waals surface area contributed by atoms with Crippen LogP contribution in [0.2, 0.25) is 0 Å². The van der Waals surface area contributed by atoms with Crippen LogP contribution in [0.4, 0.5) is 10.5 Å². The average Bonchev–Trinajstić information content (AvgIpc) is 3.31. The van der Waals surface area contributed by atoms with Gasteiger partial charge in [0.2, 0.25) is 0 Å². The molecule has 0 heterocycles. The van der Waals surface area contributed by atoms with Gasteiger partial charge in [-0.3, -0.25) is 0 Å². The Morgan fingerprint density at radius 1 is 1.09 bits per heavy atom. The van der Waals surface area contributed by atoms with Gasteiger partial charge in [-0.1, -0.05) is 42.5 Å². The monoisotopic (exact) mass is 296 g/mol. The molecule has 2 amide bonds. The van der Waals surface area contributed by atoms with E-state index in [0.717, 1.165) is 18.4 Å². The molecule has 2 N–H and O–H groups in total. The van der Waals surface area contributed by atoms with E-state index in [1.807, 2.05) is 49.4 Å². The zero-order chi connectivity index (χ0) is 15.4. The second kappa shape index (κ2) is 6.10. The zero-order valence-electron chi connectivity index (χ0n) is 12.6. The van der Waals surface area contributed by atoms with E-state index in [4.69, 9.17) is 4.74 Å². The van der Waals surface area contributed by atoms with Gasteiger partial charge in [0.1, 0.15) is 5.75 Å². The number of amides is 2. The van der Waals surface area contributed by atoms with Crippen molar-refractivity contribution in [2.75, 3.05) is 11.9 Å². The quantitative estimate of drug-likeness (QED) is 0.879. The van der Waals surface area contributed by atoms with Crippen LogP contribution in [-0.2, 0) is 5.54 Å². The van der Waals surface area contributed by atoms with Gasteiger partial charge in [-0.2, -0.15) is 0 Å². The highest BCUT2D eigenvalue weighted by atomic mass is 16.5. The molecule has 2 aromatic rings. The molecule has 0 aromatic heterocycles. The van der Waals surface area contributed by atoms with E-state index in [1.165, 1.54) is 0 Å². The van der Waals surface area contributed by atoms with Crippen molar-refractivity contribution in [3.8, 4) is 5.75 Å². The van der Waals surface area contributed by atoms with E-state index in [1.54, 1.807) is 0 Å². The van der Waals surface area contributed by atoms with Crippen LogP contribution >= 0.6 is 0 Å². The third kappa shape index (κ3) is 3.06. The van der Waals surface area contributed by atoms with E-state index in [2.05, 4.69) is 22.8 Å². The molecular weight excluding hydrogens is 276 g/mol. The molecule has 114 valence electrons. The smallest absolute Gasteiger partial charge is 0.320 e. The standard InChI is InChI=1S/C18H20N2O2/c1-2-22-16-11-7-6-10-15(16)19-17(21)20-18(12-13-18)14-8-4-3-5-9-14/h3-11H,2,12-13H2,1H3,(H2,19,20,21). The molecule has 2 aromatic carbocycles. The fourth-order valence-corrected chi connectivity index (χ4v) is 2.59. The summed E-state index contributed by atoms with van der Waals surface area (Å²) >= 11 is 0. The molecule has 0 saturated heterocycles. The summed E-state index contributed by atoms with van der Waals surface area (Å²) in [6.45, 7) is 2.49. The van der Waals surface area contributed by atoms with Crippen molar-refractivity contribution in [1.82, 2.24) is 5.32 Å². The Bertz CT molecular complexity index is 651. The third-order valence-corrected chi connectivity index (χ3v) is 3.86. The summed E-state index contributed by atoms with van der Waals surface area (Å²) in [4.78, 5) is 12.3. The van der Waals surface area contributed by atoms with Gasteiger partial charge in [0, 0.05) is 0 Å². The summed E-state index contributed by atoms with van der Waals surface area (Å²) in [5.74, 6) is 0.685. The molecule has 3 rings (SSSR count). The van der Waals surface area contributed by atoms with E-state index < -0.39 is 0 Å².